The zero-order chi connectivity index (χ0) is 12.1. The molecule has 86 valence electrons. The Kier molecular flexibility index (Phi) is 4.31. The van der Waals surface area contributed by atoms with Gasteiger partial charge in [-0.3, -0.25) is 4.79 Å². The summed E-state index contributed by atoms with van der Waals surface area (Å²) in [5.41, 5.74) is 0.751. The summed E-state index contributed by atoms with van der Waals surface area (Å²) >= 11 is 5.95. The maximum absolute atomic E-state index is 11.2. The highest BCUT2D eigenvalue weighted by atomic mass is 35.5. The predicted octanol–water partition coefficient (Wildman–Crippen LogP) is 1.69. The molecule has 1 aromatic rings. The summed E-state index contributed by atoms with van der Waals surface area (Å²) in [6.07, 6.45) is 0. The van der Waals surface area contributed by atoms with Crippen LogP contribution in [0.3, 0.4) is 0 Å². The maximum Gasteiger partial charge on any atom is 0.396 e. The van der Waals surface area contributed by atoms with E-state index in [0.29, 0.717) is 5.02 Å². The summed E-state index contributed by atoms with van der Waals surface area (Å²) in [4.78, 5) is 22.1. The Hall–Kier alpha value is -1.55. The van der Waals surface area contributed by atoms with Gasteiger partial charge < -0.3 is 10.1 Å². The number of amides is 1. The van der Waals surface area contributed by atoms with E-state index in [1.54, 1.807) is 25.1 Å². The molecule has 0 saturated heterocycles. The van der Waals surface area contributed by atoms with E-state index in [4.69, 9.17) is 11.6 Å². The number of hydrogen-bond donors (Lipinski definition) is 1. The summed E-state index contributed by atoms with van der Waals surface area (Å²) in [6, 6.07) is 6.76. The van der Waals surface area contributed by atoms with Gasteiger partial charge in [0.25, 0.3) is 0 Å². The van der Waals surface area contributed by atoms with Crippen LogP contribution in [0.5, 0.6) is 0 Å². The van der Waals surface area contributed by atoms with Crippen molar-refractivity contribution in [1.82, 2.24) is 5.32 Å². The molecule has 0 aromatic heterocycles. The molecule has 1 aromatic carbocycles. The number of halogens is 1. The van der Waals surface area contributed by atoms with Gasteiger partial charge in [-0.2, -0.15) is 0 Å². The van der Waals surface area contributed by atoms with Crippen molar-refractivity contribution in [2.45, 2.75) is 13.0 Å². The van der Waals surface area contributed by atoms with Gasteiger partial charge in [-0.25, -0.2) is 4.79 Å². The van der Waals surface area contributed by atoms with Crippen molar-refractivity contribution in [3.05, 3.63) is 34.9 Å². The third kappa shape index (κ3) is 2.97. The fourth-order valence-corrected chi connectivity index (χ4v) is 1.55. The van der Waals surface area contributed by atoms with Gasteiger partial charge in [0.2, 0.25) is 0 Å². The molecular formula is C11H12ClNO3. The van der Waals surface area contributed by atoms with Gasteiger partial charge in [-0.15, -0.1) is 0 Å². The maximum atomic E-state index is 11.2. The van der Waals surface area contributed by atoms with Crippen molar-refractivity contribution in [2.75, 3.05) is 7.11 Å². The van der Waals surface area contributed by atoms with E-state index in [0.717, 1.165) is 12.7 Å². The molecule has 0 bridgehead atoms. The van der Waals surface area contributed by atoms with Crippen LogP contribution in [0.15, 0.2) is 24.3 Å². The van der Waals surface area contributed by atoms with E-state index in [9.17, 15) is 9.59 Å². The Balaban J connectivity index is 2.73. The lowest BCUT2D eigenvalue weighted by molar-refractivity contribution is -0.153. The number of ether oxygens (including phenoxy) is 1. The van der Waals surface area contributed by atoms with Crippen LogP contribution < -0.4 is 5.32 Å². The SMILES string of the molecule is COC(=O)C(=O)NC(C)c1ccccc1Cl. The van der Waals surface area contributed by atoms with Crippen LogP contribution in [0.4, 0.5) is 0 Å². The number of hydrogen-bond acceptors (Lipinski definition) is 3. The minimum atomic E-state index is -0.918. The fourth-order valence-electron chi connectivity index (χ4n) is 1.25. The Morgan fingerprint density at radius 1 is 1.38 bits per heavy atom. The summed E-state index contributed by atoms with van der Waals surface area (Å²) in [5, 5.41) is 3.03. The standard InChI is InChI=1S/C11H12ClNO3/c1-7(13-10(14)11(15)16-2)8-5-3-4-6-9(8)12/h3-7H,1-2H3,(H,13,14). The average Bonchev–Trinajstić information content (AvgIpc) is 2.28. The van der Waals surface area contributed by atoms with Crippen molar-refractivity contribution in [2.24, 2.45) is 0 Å². The smallest absolute Gasteiger partial charge is 0.396 e. The topological polar surface area (TPSA) is 55.4 Å². The zero-order valence-corrected chi connectivity index (χ0v) is 9.75. The Morgan fingerprint density at radius 2 is 2.00 bits per heavy atom. The van der Waals surface area contributed by atoms with Gasteiger partial charge in [0.15, 0.2) is 0 Å². The first-order valence-electron chi connectivity index (χ1n) is 4.69. The number of nitrogens with one attached hydrogen (secondary N) is 1. The molecule has 5 heteroatoms. The van der Waals surface area contributed by atoms with Gasteiger partial charge in [0.05, 0.1) is 13.2 Å². The second-order valence-electron chi connectivity index (χ2n) is 3.21. The molecule has 0 aliphatic heterocycles. The largest absolute Gasteiger partial charge is 0.462 e. The molecule has 1 unspecified atom stereocenters. The molecule has 1 amide bonds. The van der Waals surface area contributed by atoms with E-state index < -0.39 is 11.9 Å². The predicted molar refractivity (Wildman–Crippen MR) is 60.0 cm³/mol. The lowest BCUT2D eigenvalue weighted by Crippen LogP contribution is -2.33. The van der Waals surface area contributed by atoms with Crippen molar-refractivity contribution < 1.29 is 14.3 Å². The molecule has 1 N–H and O–H groups in total. The molecule has 0 fully saturated rings. The van der Waals surface area contributed by atoms with E-state index in [2.05, 4.69) is 10.1 Å². The average molecular weight is 242 g/mol. The summed E-state index contributed by atoms with van der Waals surface area (Å²) in [7, 11) is 1.15. The Morgan fingerprint density at radius 3 is 2.56 bits per heavy atom. The monoisotopic (exact) mass is 241 g/mol. The molecule has 0 aliphatic carbocycles. The molecule has 0 heterocycles. The van der Waals surface area contributed by atoms with Crippen LogP contribution in [-0.2, 0) is 14.3 Å². The van der Waals surface area contributed by atoms with Crippen LogP contribution in [0.2, 0.25) is 5.02 Å². The highest BCUT2D eigenvalue weighted by molar-refractivity contribution is 6.33. The molecule has 0 spiro atoms. The van der Waals surface area contributed by atoms with Gasteiger partial charge in [0.1, 0.15) is 0 Å². The van der Waals surface area contributed by atoms with Crippen molar-refractivity contribution in [3.63, 3.8) is 0 Å². The molecule has 0 radical (unpaired) electrons. The van der Waals surface area contributed by atoms with Crippen molar-refractivity contribution in [3.8, 4) is 0 Å². The van der Waals surface area contributed by atoms with Crippen LogP contribution in [0, 0.1) is 0 Å². The Labute approximate surface area is 98.5 Å². The molecule has 4 nitrogen and oxygen atoms in total. The lowest BCUT2D eigenvalue weighted by atomic mass is 10.1. The summed E-state index contributed by atoms with van der Waals surface area (Å²) in [6.45, 7) is 1.74. The lowest BCUT2D eigenvalue weighted by Gasteiger charge is -2.14. The molecule has 1 atom stereocenters. The molecule has 1 rings (SSSR count). The summed E-state index contributed by atoms with van der Waals surface area (Å²) < 4.78 is 4.30. The first-order chi connectivity index (χ1) is 7.56. The van der Waals surface area contributed by atoms with Gasteiger partial charge in [0, 0.05) is 5.02 Å². The number of carbonyl (C=O) groups is 2. The van der Waals surface area contributed by atoms with Crippen LogP contribution in [-0.4, -0.2) is 19.0 Å². The quantitative estimate of drug-likeness (QED) is 0.633. The van der Waals surface area contributed by atoms with E-state index in [-0.39, 0.29) is 6.04 Å². The molecule has 16 heavy (non-hydrogen) atoms. The first-order valence-corrected chi connectivity index (χ1v) is 5.07. The van der Waals surface area contributed by atoms with Crippen molar-refractivity contribution >= 4 is 23.5 Å². The van der Waals surface area contributed by atoms with Crippen LogP contribution in [0.25, 0.3) is 0 Å². The number of carbonyl (C=O) groups excluding carboxylic acids is 2. The number of methoxy groups -OCH3 is 1. The second-order valence-corrected chi connectivity index (χ2v) is 3.62. The first kappa shape index (κ1) is 12.5. The van der Waals surface area contributed by atoms with Crippen LogP contribution >= 0.6 is 11.6 Å². The normalized spacial score (nSPS) is 11.7. The minimum absolute atomic E-state index is 0.347. The van der Waals surface area contributed by atoms with Gasteiger partial charge >= 0.3 is 11.9 Å². The third-order valence-electron chi connectivity index (χ3n) is 2.09. The van der Waals surface area contributed by atoms with Crippen LogP contribution in [0.1, 0.15) is 18.5 Å². The van der Waals surface area contributed by atoms with Gasteiger partial charge in [-0.05, 0) is 18.6 Å². The number of benzene rings is 1. The summed E-state index contributed by atoms with van der Waals surface area (Å²) in [5.74, 6) is -1.70. The fraction of sp³-hybridized carbons (Fsp3) is 0.273. The van der Waals surface area contributed by atoms with Gasteiger partial charge in [-0.1, -0.05) is 29.8 Å². The Bertz CT molecular complexity index is 406. The molecule has 0 saturated carbocycles. The zero-order valence-electron chi connectivity index (χ0n) is 8.99. The van der Waals surface area contributed by atoms with Crippen molar-refractivity contribution in [1.29, 1.82) is 0 Å². The highest BCUT2D eigenvalue weighted by Gasteiger charge is 2.18. The minimum Gasteiger partial charge on any atom is -0.462 e. The second kappa shape index (κ2) is 5.51. The molecular weight excluding hydrogens is 230 g/mol. The van der Waals surface area contributed by atoms with E-state index in [1.165, 1.54) is 0 Å². The third-order valence-corrected chi connectivity index (χ3v) is 2.43. The van der Waals surface area contributed by atoms with E-state index in [1.807, 2.05) is 6.07 Å². The number of rotatable bonds is 2. The number of esters is 1. The van der Waals surface area contributed by atoms with E-state index >= 15 is 0 Å². The molecule has 0 aliphatic rings. The highest BCUT2D eigenvalue weighted by Crippen LogP contribution is 2.21.